The summed E-state index contributed by atoms with van der Waals surface area (Å²) >= 11 is 0. The van der Waals surface area contributed by atoms with E-state index >= 15 is 0 Å². The monoisotopic (exact) mass is 808 g/mol. The third-order valence-corrected chi connectivity index (χ3v) is 10.5. The number of aliphatic carboxylic acids is 1. The summed E-state index contributed by atoms with van der Waals surface area (Å²) in [5, 5.41) is 39.4. The molecule has 0 aromatic heterocycles. The average molecular weight is 809 g/mol. The van der Waals surface area contributed by atoms with Crippen LogP contribution in [0.5, 0.6) is 0 Å². The van der Waals surface area contributed by atoms with Crippen molar-refractivity contribution in [1.82, 2.24) is 46.2 Å². The van der Waals surface area contributed by atoms with E-state index in [0.717, 1.165) is 0 Å². The first-order valence-corrected chi connectivity index (χ1v) is 19.0. The summed E-state index contributed by atoms with van der Waals surface area (Å²) in [4.78, 5) is 132. The van der Waals surface area contributed by atoms with Gasteiger partial charge >= 0.3 is 5.97 Å². The van der Waals surface area contributed by atoms with Crippen molar-refractivity contribution < 1.29 is 63.3 Å². The number of carbonyl (C=O) groups excluding carboxylic acids is 9. The van der Waals surface area contributed by atoms with Gasteiger partial charge in [-0.05, 0) is 51.4 Å². The van der Waals surface area contributed by atoms with Crippen LogP contribution in [-0.4, -0.2) is 196 Å². The molecule has 0 aromatic rings. The third-order valence-electron chi connectivity index (χ3n) is 10.5. The van der Waals surface area contributed by atoms with Crippen molar-refractivity contribution in [2.24, 2.45) is 5.73 Å². The highest BCUT2D eigenvalue weighted by Gasteiger charge is 2.44. The van der Waals surface area contributed by atoms with Gasteiger partial charge < -0.3 is 67.2 Å². The van der Waals surface area contributed by atoms with Crippen LogP contribution in [0.1, 0.15) is 51.4 Å². The van der Waals surface area contributed by atoms with Crippen LogP contribution in [-0.2, 0) is 47.9 Å². The summed E-state index contributed by atoms with van der Waals surface area (Å²) in [5.74, 6) is -7.05. The number of nitrogens with zero attached hydrogens (tertiary/aromatic N) is 4. The number of likely N-dealkylation sites (tertiary alicyclic amines) is 4. The van der Waals surface area contributed by atoms with E-state index < -0.39 is 135 Å². The topological polar surface area (TPSA) is 331 Å². The Balaban J connectivity index is 1.24. The van der Waals surface area contributed by atoms with E-state index in [-0.39, 0.29) is 26.2 Å². The molecule has 57 heavy (non-hydrogen) atoms. The number of carbonyl (C=O) groups is 10. The highest BCUT2D eigenvalue weighted by molar-refractivity contribution is 5.97. The molecule has 0 unspecified atom stereocenters. The van der Waals surface area contributed by atoms with Crippen LogP contribution in [0.2, 0.25) is 0 Å². The Hall–Kier alpha value is -5.42. The minimum Gasteiger partial charge on any atom is -0.480 e. The molecule has 0 saturated carbocycles. The summed E-state index contributed by atoms with van der Waals surface area (Å²) < 4.78 is 0. The molecule has 316 valence electrons. The van der Waals surface area contributed by atoms with Crippen LogP contribution >= 0.6 is 0 Å². The molecule has 4 heterocycles. The molecule has 23 nitrogen and oxygen atoms in total. The van der Waals surface area contributed by atoms with Gasteiger partial charge in [-0.15, -0.1) is 0 Å². The van der Waals surface area contributed by atoms with Crippen LogP contribution in [0.15, 0.2) is 0 Å². The minimum atomic E-state index is -1.54. The number of nitrogens with one attached hydrogen (secondary N) is 5. The molecule has 0 spiro atoms. The Bertz CT molecular complexity index is 1580. The molecule has 0 aromatic carbocycles. The minimum absolute atomic E-state index is 0.212. The Morgan fingerprint density at radius 1 is 0.544 bits per heavy atom. The number of aliphatic hydroxyl groups is 2. The zero-order valence-corrected chi connectivity index (χ0v) is 31.5. The summed E-state index contributed by atoms with van der Waals surface area (Å²) in [6, 6.07) is -6.49. The van der Waals surface area contributed by atoms with Crippen molar-refractivity contribution in [2.45, 2.75) is 87.6 Å². The zero-order valence-electron chi connectivity index (χ0n) is 31.5. The van der Waals surface area contributed by atoms with E-state index in [1.165, 1.54) is 19.6 Å². The first-order chi connectivity index (χ1) is 27.2. The predicted octanol–water partition coefficient (Wildman–Crippen LogP) is -6.70. The SMILES string of the molecule is NCC(=O)N[C@@H](CO)C(=O)N1CCC[C@H]1C(=O)N1CCC[C@H]1C(=O)NCC(=O)NCC(=O)N1CCC[C@H]1C(=O)N1CCC[C@H]1C(=O)NCC(=O)N[C@@H](CO)C(=O)O. The maximum Gasteiger partial charge on any atom is 0.328 e. The fourth-order valence-corrected chi connectivity index (χ4v) is 7.58. The number of amides is 9. The second kappa shape index (κ2) is 20.7. The largest absolute Gasteiger partial charge is 0.480 e. The second-order valence-electron chi connectivity index (χ2n) is 14.2. The normalized spacial score (nSPS) is 22.7. The van der Waals surface area contributed by atoms with Crippen LogP contribution in [0.3, 0.4) is 0 Å². The van der Waals surface area contributed by atoms with E-state index in [1.807, 2.05) is 0 Å². The lowest BCUT2D eigenvalue weighted by atomic mass is 10.1. The molecule has 4 aliphatic rings. The van der Waals surface area contributed by atoms with Gasteiger partial charge in [-0.3, -0.25) is 43.2 Å². The van der Waals surface area contributed by atoms with Crippen LogP contribution in [0, 0.1) is 0 Å². The van der Waals surface area contributed by atoms with Gasteiger partial charge in [0.05, 0.1) is 39.4 Å². The Labute approximate surface area is 327 Å². The first-order valence-electron chi connectivity index (χ1n) is 19.0. The maximum absolute atomic E-state index is 13.6. The number of hydrogen-bond acceptors (Lipinski definition) is 13. The van der Waals surface area contributed by atoms with Gasteiger partial charge in [0.1, 0.15) is 36.3 Å². The van der Waals surface area contributed by atoms with Crippen molar-refractivity contribution >= 4 is 59.1 Å². The number of carboxylic acid groups (broad SMARTS) is 1. The van der Waals surface area contributed by atoms with Gasteiger partial charge in [-0.2, -0.15) is 0 Å². The van der Waals surface area contributed by atoms with E-state index in [1.54, 1.807) is 0 Å². The number of carboxylic acids is 1. The zero-order chi connectivity index (χ0) is 41.8. The second-order valence-corrected chi connectivity index (χ2v) is 14.2. The van der Waals surface area contributed by atoms with Crippen molar-refractivity contribution in [3.8, 4) is 0 Å². The fourth-order valence-electron chi connectivity index (χ4n) is 7.58. The Kier molecular flexibility index (Phi) is 16.1. The van der Waals surface area contributed by atoms with E-state index in [9.17, 15) is 53.1 Å². The summed E-state index contributed by atoms with van der Waals surface area (Å²) in [6.07, 6.45) is 3.19. The van der Waals surface area contributed by atoms with Crippen molar-refractivity contribution in [3.05, 3.63) is 0 Å². The average Bonchev–Trinajstić information content (AvgIpc) is 4.05. The molecular formula is C34H52N10O13. The van der Waals surface area contributed by atoms with Crippen molar-refractivity contribution in [2.75, 3.05) is 65.6 Å². The van der Waals surface area contributed by atoms with E-state index in [4.69, 9.17) is 15.9 Å². The molecule has 23 heteroatoms. The van der Waals surface area contributed by atoms with Crippen LogP contribution in [0.4, 0.5) is 0 Å². The van der Waals surface area contributed by atoms with Gasteiger partial charge in [0.2, 0.25) is 53.2 Å². The molecule has 6 atom stereocenters. The maximum atomic E-state index is 13.6. The van der Waals surface area contributed by atoms with Crippen LogP contribution in [0.25, 0.3) is 0 Å². The predicted molar refractivity (Wildman–Crippen MR) is 193 cm³/mol. The highest BCUT2D eigenvalue weighted by Crippen LogP contribution is 2.27. The molecule has 9 amide bonds. The number of rotatable bonds is 17. The molecule has 0 radical (unpaired) electrons. The van der Waals surface area contributed by atoms with Gasteiger partial charge in [0, 0.05) is 26.2 Å². The molecule has 4 saturated heterocycles. The molecule has 0 aliphatic carbocycles. The molecule has 0 bridgehead atoms. The lowest BCUT2D eigenvalue weighted by molar-refractivity contribution is -0.148. The van der Waals surface area contributed by atoms with Gasteiger partial charge in [-0.25, -0.2) is 4.79 Å². The fraction of sp³-hybridized carbons (Fsp3) is 0.706. The molecule has 10 N–H and O–H groups in total. The van der Waals surface area contributed by atoms with Crippen LogP contribution < -0.4 is 32.3 Å². The molecule has 4 fully saturated rings. The number of hydrogen-bond donors (Lipinski definition) is 9. The summed E-state index contributed by atoms with van der Waals surface area (Å²) in [7, 11) is 0. The Morgan fingerprint density at radius 2 is 0.982 bits per heavy atom. The van der Waals surface area contributed by atoms with Gasteiger partial charge in [0.25, 0.3) is 0 Å². The molecule has 4 rings (SSSR count). The smallest absolute Gasteiger partial charge is 0.328 e. The van der Waals surface area contributed by atoms with Crippen molar-refractivity contribution in [3.63, 3.8) is 0 Å². The number of aliphatic hydroxyl groups excluding tert-OH is 2. The third kappa shape index (κ3) is 11.1. The summed E-state index contributed by atoms with van der Waals surface area (Å²) in [6.45, 7) is -2.62. The summed E-state index contributed by atoms with van der Waals surface area (Å²) in [5.41, 5.74) is 5.30. The Morgan fingerprint density at radius 3 is 1.47 bits per heavy atom. The van der Waals surface area contributed by atoms with Gasteiger partial charge in [-0.1, -0.05) is 0 Å². The lowest BCUT2D eigenvalue weighted by Gasteiger charge is -2.32. The highest BCUT2D eigenvalue weighted by atomic mass is 16.4. The molecule has 4 aliphatic heterocycles. The lowest BCUT2D eigenvalue weighted by Crippen LogP contribution is -2.57. The van der Waals surface area contributed by atoms with Crippen molar-refractivity contribution in [1.29, 1.82) is 0 Å². The van der Waals surface area contributed by atoms with E-state index in [0.29, 0.717) is 51.4 Å². The van der Waals surface area contributed by atoms with Gasteiger partial charge in [0.15, 0.2) is 0 Å². The first kappa shape index (κ1) is 44.3. The number of nitrogens with two attached hydrogens (primary N) is 1. The van der Waals surface area contributed by atoms with E-state index in [2.05, 4.69) is 26.6 Å². The quantitative estimate of drug-likeness (QED) is 0.0660. The molecular weight excluding hydrogens is 756 g/mol. The standard InChI is InChI=1S/C34H52N10O13/c35-13-25(47)39-19(17-45)31(53)44-12-4-8-24(44)33(55)43-11-2-5-21(43)29(51)37-14-26(48)36-16-28(50)41-9-3-7-23(41)32(54)42-10-1-6-22(42)30(52)38-15-27(49)40-20(18-46)34(56)57/h19-24,45-46H,1-18,35H2,(H,36,48)(H,37,51)(H,38,52)(H,39,47)(H,40,49)(H,56,57)/t19-,20-,21-,22-,23-,24-/m0/s1.